The van der Waals surface area contributed by atoms with Gasteiger partial charge >= 0.3 is 5.92 Å². The maximum atomic E-state index is 13.1. The molecule has 0 aromatic heterocycles. The van der Waals surface area contributed by atoms with Crippen molar-refractivity contribution >= 4 is 24.9 Å². The summed E-state index contributed by atoms with van der Waals surface area (Å²) in [5.41, 5.74) is -0.393. The standard InChI is InChI=1S/C8H4BF2NO/c9-4-2-1-3-5-6(4)8(10,11)7(13)12-5/h1-3H,(H,12,13). The van der Waals surface area contributed by atoms with Crippen LogP contribution in [0, 0.1) is 0 Å². The van der Waals surface area contributed by atoms with Crippen molar-refractivity contribution < 1.29 is 13.6 Å². The smallest absolute Gasteiger partial charge is 0.320 e. The van der Waals surface area contributed by atoms with Gasteiger partial charge in [-0.3, -0.25) is 4.79 Å². The maximum Gasteiger partial charge on any atom is 0.351 e. The van der Waals surface area contributed by atoms with E-state index in [0.717, 1.165) is 0 Å². The van der Waals surface area contributed by atoms with E-state index < -0.39 is 17.4 Å². The van der Waals surface area contributed by atoms with Crippen LogP contribution in [-0.2, 0) is 10.7 Å². The number of alkyl halides is 2. The molecular weight excluding hydrogens is 175 g/mol. The fourth-order valence-electron chi connectivity index (χ4n) is 1.34. The average molecular weight is 179 g/mol. The van der Waals surface area contributed by atoms with Crippen LogP contribution >= 0.6 is 0 Å². The second-order valence-electron chi connectivity index (χ2n) is 2.80. The van der Waals surface area contributed by atoms with Crippen LogP contribution in [0.2, 0.25) is 0 Å². The molecule has 1 aromatic carbocycles. The predicted molar refractivity (Wildman–Crippen MR) is 44.4 cm³/mol. The highest BCUT2D eigenvalue weighted by atomic mass is 19.3. The number of halogens is 2. The highest BCUT2D eigenvalue weighted by Gasteiger charge is 2.48. The molecule has 13 heavy (non-hydrogen) atoms. The van der Waals surface area contributed by atoms with E-state index in [4.69, 9.17) is 7.85 Å². The lowest BCUT2D eigenvalue weighted by Crippen LogP contribution is -2.28. The van der Waals surface area contributed by atoms with Crippen molar-refractivity contribution in [3.63, 3.8) is 0 Å². The largest absolute Gasteiger partial charge is 0.351 e. The summed E-state index contributed by atoms with van der Waals surface area (Å²) >= 11 is 0. The Kier molecular flexibility index (Phi) is 1.46. The lowest BCUT2D eigenvalue weighted by Gasteiger charge is -2.08. The van der Waals surface area contributed by atoms with E-state index in [0.29, 0.717) is 0 Å². The Morgan fingerprint density at radius 2 is 2.08 bits per heavy atom. The fourth-order valence-corrected chi connectivity index (χ4v) is 1.34. The Labute approximate surface area is 74.3 Å². The number of carbonyl (C=O) groups is 1. The summed E-state index contributed by atoms with van der Waals surface area (Å²) in [6.45, 7) is 0. The molecule has 1 amide bonds. The Hall–Kier alpha value is -1.39. The first-order valence-corrected chi connectivity index (χ1v) is 3.61. The molecule has 1 aromatic rings. The van der Waals surface area contributed by atoms with Gasteiger partial charge in [0.05, 0.1) is 5.69 Å². The van der Waals surface area contributed by atoms with Crippen LogP contribution < -0.4 is 10.8 Å². The van der Waals surface area contributed by atoms with Gasteiger partial charge in [-0.2, -0.15) is 8.78 Å². The van der Waals surface area contributed by atoms with Gasteiger partial charge in [0.25, 0.3) is 5.91 Å². The number of hydrogen-bond donors (Lipinski definition) is 1. The predicted octanol–water partition coefficient (Wildman–Crippen LogP) is 0.524. The fraction of sp³-hybridized carbons (Fsp3) is 0.125. The summed E-state index contributed by atoms with van der Waals surface area (Å²) in [7, 11) is 5.34. The Bertz CT molecular complexity index is 392. The molecule has 2 rings (SSSR count). The molecule has 0 fully saturated rings. The number of nitrogens with one attached hydrogen (secondary N) is 1. The molecule has 2 radical (unpaired) electrons. The summed E-state index contributed by atoms with van der Waals surface area (Å²) in [6, 6.07) is 4.24. The minimum atomic E-state index is -3.50. The maximum absolute atomic E-state index is 13.1. The molecule has 0 bridgehead atoms. The lowest BCUT2D eigenvalue weighted by molar-refractivity contribution is -0.139. The topological polar surface area (TPSA) is 29.1 Å². The third kappa shape index (κ3) is 0.962. The van der Waals surface area contributed by atoms with Crippen molar-refractivity contribution in [1.29, 1.82) is 0 Å². The molecule has 0 atom stereocenters. The molecule has 0 unspecified atom stereocenters. The minimum Gasteiger partial charge on any atom is -0.320 e. The summed E-state index contributed by atoms with van der Waals surface area (Å²) in [4.78, 5) is 10.8. The first kappa shape index (κ1) is 8.22. The van der Waals surface area contributed by atoms with Crippen molar-refractivity contribution in [3.05, 3.63) is 23.8 Å². The number of carbonyl (C=O) groups excluding carboxylic acids is 1. The van der Waals surface area contributed by atoms with Gasteiger partial charge in [-0.05, 0) is 6.07 Å². The van der Waals surface area contributed by atoms with Crippen molar-refractivity contribution in [3.8, 4) is 0 Å². The van der Waals surface area contributed by atoms with Crippen LogP contribution in [0.1, 0.15) is 5.56 Å². The number of anilines is 1. The van der Waals surface area contributed by atoms with Crippen LogP contribution in [0.15, 0.2) is 18.2 Å². The molecule has 0 saturated carbocycles. The number of benzene rings is 1. The van der Waals surface area contributed by atoms with E-state index in [-0.39, 0.29) is 11.2 Å². The van der Waals surface area contributed by atoms with Gasteiger partial charge in [-0.1, -0.05) is 17.6 Å². The van der Waals surface area contributed by atoms with Gasteiger partial charge in [0, 0.05) is 5.56 Å². The van der Waals surface area contributed by atoms with E-state index in [2.05, 4.69) is 5.32 Å². The molecule has 1 heterocycles. The van der Waals surface area contributed by atoms with Crippen LogP contribution in [0.5, 0.6) is 0 Å². The molecule has 0 spiro atoms. The van der Waals surface area contributed by atoms with Gasteiger partial charge in [0.2, 0.25) is 0 Å². The van der Waals surface area contributed by atoms with Crippen LogP contribution in [0.25, 0.3) is 0 Å². The molecule has 1 N–H and O–H groups in total. The van der Waals surface area contributed by atoms with E-state index in [1.54, 1.807) is 0 Å². The van der Waals surface area contributed by atoms with Crippen molar-refractivity contribution in [2.45, 2.75) is 5.92 Å². The second-order valence-corrected chi connectivity index (χ2v) is 2.80. The summed E-state index contributed by atoms with van der Waals surface area (Å²) < 4.78 is 26.2. The molecule has 1 aliphatic heterocycles. The van der Waals surface area contributed by atoms with Crippen molar-refractivity contribution in [2.24, 2.45) is 0 Å². The second kappa shape index (κ2) is 2.31. The zero-order valence-corrected chi connectivity index (χ0v) is 6.47. The number of fused-ring (bicyclic) bond motifs is 1. The summed E-state index contributed by atoms with van der Waals surface area (Å²) in [5.74, 6) is -4.82. The zero-order valence-electron chi connectivity index (χ0n) is 6.47. The van der Waals surface area contributed by atoms with E-state index in [9.17, 15) is 13.6 Å². The highest BCUT2D eigenvalue weighted by molar-refractivity contribution is 6.35. The van der Waals surface area contributed by atoms with Crippen molar-refractivity contribution in [2.75, 3.05) is 5.32 Å². The zero-order chi connectivity index (χ0) is 9.64. The molecule has 0 saturated heterocycles. The van der Waals surface area contributed by atoms with Gasteiger partial charge in [0.1, 0.15) is 7.85 Å². The van der Waals surface area contributed by atoms with Crippen LogP contribution in [-0.4, -0.2) is 13.8 Å². The normalized spacial score (nSPS) is 18.2. The van der Waals surface area contributed by atoms with Crippen molar-refractivity contribution in [1.82, 2.24) is 0 Å². The van der Waals surface area contributed by atoms with Gasteiger partial charge in [-0.25, -0.2) is 0 Å². The Balaban J connectivity index is 2.70. The third-order valence-corrected chi connectivity index (χ3v) is 1.94. The number of amides is 1. The molecule has 0 aliphatic carbocycles. The molecule has 64 valence electrons. The highest BCUT2D eigenvalue weighted by Crippen LogP contribution is 2.38. The van der Waals surface area contributed by atoms with Gasteiger partial charge in [-0.15, -0.1) is 0 Å². The number of rotatable bonds is 0. The first-order valence-electron chi connectivity index (χ1n) is 3.61. The van der Waals surface area contributed by atoms with E-state index in [1.807, 2.05) is 0 Å². The Morgan fingerprint density at radius 1 is 1.38 bits per heavy atom. The van der Waals surface area contributed by atoms with Crippen LogP contribution in [0.4, 0.5) is 14.5 Å². The number of hydrogen-bond acceptors (Lipinski definition) is 1. The quantitative estimate of drug-likeness (QED) is 0.578. The first-order chi connectivity index (χ1) is 6.03. The molecule has 1 aliphatic rings. The summed E-state index contributed by atoms with van der Waals surface area (Å²) in [6.07, 6.45) is 0. The molecule has 2 nitrogen and oxygen atoms in total. The van der Waals surface area contributed by atoms with E-state index in [1.165, 1.54) is 18.2 Å². The SMILES string of the molecule is [B]c1cccc2c1C(F)(F)C(=O)N2. The lowest BCUT2D eigenvalue weighted by atomic mass is 9.88. The minimum absolute atomic E-state index is 0.0687. The van der Waals surface area contributed by atoms with Crippen LogP contribution in [0.3, 0.4) is 0 Å². The van der Waals surface area contributed by atoms with Gasteiger partial charge in [0.15, 0.2) is 0 Å². The summed E-state index contributed by atoms with van der Waals surface area (Å²) in [5, 5.41) is 2.06. The Morgan fingerprint density at radius 3 is 2.69 bits per heavy atom. The average Bonchev–Trinajstić information content (AvgIpc) is 2.24. The monoisotopic (exact) mass is 179 g/mol. The van der Waals surface area contributed by atoms with E-state index >= 15 is 0 Å². The molecular formula is C8H4BF2NO. The molecule has 5 heteroatoms. The third-order valence-electron chi connectivity index (χ3n) is 1.94. The van der Waals surface area contributed by atoms with Gasteiger partial charge < -0.3 is 5.32 Å².